The van der Waals surface area contributed by atoms with E-state index < -0.39 is 29.4 Å². The highest BCUT2D eigenvalue weighted by Gasteiger charge is 2.40. The van der Waals surface area contributed by atoms with Crippen LogP contribution in [0.4, 0.5) is 23.4 Å². The van der Waals surface area contributed by atoms with Gasteiger partial charge in [0.05, 0.1) is 35.6 Å². The van der Waals surface area contributed by atoms with Gasteiger partial charge in [-0.15, -0.1) is 11.8 Å². The van der Waals surface area contributed by atoms with Crippen molar-refractivity contribution in [2.75, 3.05) is 30.9 Å². The molecule has 0 spiro atoms. The van der Waals surface area contributed by atoms with E-state index in [-0.39, 0.29) is 70.7 Å². The second-order valence-electron chi connectivity index (χ2n) is 9.93. The second-order valence-corrected chi connectivity index (χ2v) is 11.0. The van der Waals surface area contributed by atoms with Crippen LogP contribution in [0.1, 0.15) is 19.4 Å². The molecule has 1 fully saturated rings. The number of hydrogen-bond donors (Lipinski definition) is 0. The van der Waals surface area contributed by atoms with E-state index in [0.29, 0.717) is 5.52 Å². The summed E-state index contributed by atoms with van der Waals surface area (Å²) in [7, 11) is 1.47. The van der Waals surface area contributed by atoms with Gasteiger partial charge in [-0.2, -0.15) is 18.2 Å². The summed E-state index contributed by atoms with van der Waals surface area (Å²) in [5, 5.41) is 0.153. The molecule has 5 rings (SSSR count). The van der Waals surface area contributed by atoms with Crippen LogP contribution in [-0.4, -0.2) is 69.5 Å². The number of alkyl halides is 3. The van der Waals surface area contributed by atoms with Crippen molar-refractivity contribution in [2.24, 2.45) is 0 Å². The van der Waals surface area contributed by atoms with E-state index in [2.05, 4.69) is 16.5 Å². The minimum absolute atomic E-state index is 0.0647. The van der Waals surface area contributed by atoms with E-state index in [1.165, 1.54) is 23.8 Å². The molecule has 1 amide bonds. The summed E-state index contributed by atoms with van der Waals surface area (Å²) in [5.41, 5.74) is -1.60. The maximum absolute atomic E-state index is 14.7. The Bertz CT molecular complexity index is 1530. The molecule has 0 unspecified atom stereocenters. The van der Waals surface area contributed by atoms with Crippen LogP contribution in [0.15, 0.2) is 46.7 Å². The molecule has 0 saturated carbocycles. The summed E-state index contributed by atoms with van der Waals surface area (Å²) in [6, 6.07) is 2.62. The quantitative estimate of drug-likeness (QED) is 0.337. The number of benzene rings is 1. The Labute approximate surface area is 231 Å². The first-order valence-corrected chi connectivity index (χ1v) is 13.6. The molecular formula is C27H27F4N5O3S. The number of thioether (sulfide) groups is 1. The molecule has 13 heteroatoms. The van der Waals surface area contributed by atoms with Crippen LogP contribution < -0.4 is 10.6 Å². The van der Waals surface area contributed by atoms with Gasteiger partial charge in [0.2, 0.25) is 5.91 Å². The van der Waals surface area contributed by atoms with Crippen molar-refractivity contribution >= 4 is 34.4 Å². The highest BCUT2D eigenvalue weighted by molar-refractivity contribution is 7.99. The smallest absolute Gasteiger partial charge is 0.379 e. The summed E-state index contributed by atoms with van der Waals surface area (Å²) in [6.07, 6.45) is -3.17. The Morgan fingerprint density at radius 1 is 1.20 bits per heavy atom. The molecule has 0 bridgehead atoms. The Hall–Kier alpha value is -3.45. The third-order valence-electron chi connectivity index (χ3n) is 7.27. The molecule has 0 aliphatic carbocycles. The van der Waals surface area contributed by atoms with Gasteiger partial charge < -0.3 is 14.5 Å². The molecule has 8 nitrogen and oxygen atoms in total. The van der Waals surface area contributed by atoms with E-state index in [1.54, 1.807) is 9.80 Å². The third kappa shape index (κ3) is 4.85. The molecule has 2 aliphatic rings. The number of carbonyl (C=O) groups is 1. The number of rotatable bonds is 4. The van der Waals surface area contributed by atoms with E-state index >= 15 is 0 Å². The number of carbonyl (C=O) groups excluding carboxylic acids is 1. The average molecular weight is 578 g/mol. The van der Waals surface area contributed by atoms with Gasteiger partial charge in [0.25, 0.3) is 0 Å². The third-order valence-corrected chi connectivity index (χ3v) is 8.49. The fourth-order valence-electron chi connectivity index (χ4n) is 5.56. The van der Waals surface area contributed by atoms with Crippen LogP contribution in [0.5, 0.6) is 0 Å². The number of hydrogen-bond acceptors (Lipinski definition) is 7. The van der Waals surface area contributed by atoms with Crippen molar-refractivity contribution in [3.05, 3.63) is 58.9 Å². The first-order valence-electron chi connectivity index (χ1n) is 12.6. The fraction of sp³-hybridized carbons (Fsp3) is 0.407. The summed E-state index contributed by atoms with van der Waals surface area (Å²) >= 11 is 1.13. The van der Waals surface area contributed by atoms with Crippen molar-refractivity contribution in [1.82, 2.24) is 19.4 Å². The lowest BCUT2D eigenvalue weighted by atomic mass is 9.99. The molecule has 3 atom stereocenters. The number of methoxy groups -OCH3 is 1. The second kappa shape index (κ2) is 10.5. The van der Waals surface area contributed by atoms with Crippen LogP contribution in [-0.2, 0) is 22.3 Å². The Balaban J connectivity index is 1.81. The van der Waals surface area contributed by atoms with Gasteiger partial charge in [0.1, 0.15) is 11.6 Å². The van der Waals surface area contributed by atoms with Crippen molar-refractivity contribution in [2.45, 2.75) is 49.7 Å². The zero-order chi connectivity index (χ0) is 28.9. The molecule has 2 aromatic heterocycles. The van der Waals surface area contributed by atoms with Gasteiger partial charge >= 0.3 is 11.9 Å². The number of halogens is 4. The minimum atomic E-state index is -4.79. The van der Waals surface area contributed by atoms with Crippen LogP contribution >= 0.6 is 11.8 Å². The highest BCUT2D eigenvalue weighted by Crippen LogP contribution is 2.48. The summed E-state index contributed by atoms with van der Waals surface area (Å²) in [6.45, 7) is 7.80. The maximum Gasteiger partial charge on any atom is 0.417 e. The van der Waals surface area contributed by atoms with E-state index in [0.717, 1.165) is 30.1 Å². The summed E-state index contributed by atoms with van der Waals surface area (Å²) in [4.78, 5) is 37.8. The summed E-state index contributed by atoms with van der Waals surface area (Å²) < 4.78 is 64.6. The van der Waals surface area contributed by atoms with Crippen molar-refractivity contribution < 1.29 is 27.1 Å². The SMILES string of the molecule is C=CC(=O)N1[C@H](C)CN(c2nc(=O)n3c4c(c(-c5ccc(F)cn5)c(C(F)(F)F)cc24)SC[C@@H](OC)C3)C[C@@H]1C. The Morgan fingerprint density at radius 2 is 1.90 bits per heavy atom. The molecule has 3 aromatic rings. The van der Waals surface area contributed by atoms with Gasteiger partial charge in [-0.1, -0.05) is 6.58 Å². The molecule has 2 aliphatic heterocycles. The van der Waals surface area contributed by atoms with Crippen LogP contribution in [0.2, 0.25) is 0 Å². The van der Waals surface area contributed by atoms with Crippen molar-refractivity contribution in [3.63, 3.8) is 0 Å². The largest absolute Gasteiger partial charge is 0.417 e. The molecule has 40 heavy (non-hydrogen) atoms. The lowest BCUT2D eigenvalue weighted by molar-refractivity contribution is -0.137. The highest BCUT2D eigenvalue weighted by atomic mass is 32.2. The molecule has 0 N–H and O–H groups in total. The summed E-state index contributed by atoms with van der Waals surface area (Å²) in [5.74, 6) is -0.549. The number of nitrogens with zero attached hydrogens (tertiary/aromatic N) is 5. The fourth-order valence-corrected chi connectivity index (χ4v) is 6.87. The normalized spacial score (nSPS) is 21.4. The van der Waals surface area contributed by atoms with Gasteiger partial charge in [0.15, 0.2) is 0 Å². The van der Waals surface area contributed by atoms with Crippen molar-refractivity contribution in [3.8, 4) is 11.3 Å². The number of anilines is 1. The molecule has 4 heterocycles. The van der Waals surface area contributed by atoms with E-state index in [9.17, 15) is 27.2 Å². The number of amides is 1. The Kier molecular flexibility index (Phi) is 7.38. The van der Waals surface area contributed by atoms with Gasteiger partial charge in [-0.3, -0.25) is 14.3 Å². The number of pyridine rings is 1. The molecule has 212 valence electrons. The predicted octanol–water partition coefficient (Wildman–Crippen LogP) is 4.35. The van der Waals surface area contributed by atoms with Crippen molar-refractivity contribution in [1.29, 1.82) is 0 Å². The zero-order valence-corrected chi connectivity index (χ0v) is 22.9. The van der Waals surface area contributed by atoms with E-state index in [1.807, 2.05) is 13.8 Å². The Morgan fingerprint density at radius 3 is 2.48 bits per heavy atom. The average Bonchev–Trinajstić information content (AvgIpc) is 3.10. The lowest BCUT2D eigenvalue weighted by Gasteiger charge is -2.44. The van der Waals surface area contributed by atoms with Gasteiger partial charge in [-0.05, 0) is 38.1 Å². The van der Waals surface area contributed by atoms with Crippen LogP contribution in [0.25, 0.3) is 22.2 Å². The first-order chi connectivity index (χ1) is 18.9. The molecule has 1 saturated heterocycles. The standard InChI is InChI=1S/C27H27F4N5O3S/c1-5-21(37)36-14(2)10-34(11-15(36)3)25-18-8-19(27(29,30)31)22(20-7-6-16(28)9-32-20)24-23(18)35(26(38)33-25)12-17(39-4)13-40-24/h5-9,14-15,17H,1,10-13H2,2-4H3/t14-,15+,17-/m0/s1. The van der Waals surface area contributed by atoms with Gasteiger partial charge in [0, 0.05) is 53.9 Å². The molecule has 1 aromatic carbocycles. The number of piperazine rings is 1. The van der Waals surface area contributed by atoms with Gasteiger partial charge in [-0.25, -0.2) is 9.18 Å². The minimum Gasteiger partial charge on any atom is -0.379 e. The predicted molar refractivity (Wildman–Crippen MR) is 144 cm³/mol. The lowest BCUT2D eigenvalue weighted by Crippen LogP contribution is -2.58. The van der Waals surface area contributed by atoms with E-state index in [4.69, 9.17) is 4.74 Å². The molecular weight excluding hydrogens is 550 g/mol. The zero-order valence-electron chi connectivity index (χ0n) is 22.0. The molecule has 0 radical (unpaired) electrons. The number of ether oxygens (including phenoxy) is 1. The number of aromatic nitrogens is 3. The first kappa shape index (κ1) is 28.1. The monoisotopic (exact) mass is 577 g/mol. The van der Waals surface area contributed by atoms with Crippen LogP contribution in [0.3, 0.4) is 0 Å². The van der Waals surface area contributed by atoms with Crippen LogP contribution in [0, 0.1) is 5.82 Å². The maximum atomic E-state index is 14.7. The topological polar surface area (TPSA) is 80.6 Å².